The van der Waals surface area contributed by atoms with E-state index >= 15 is 0 Å². The van der Waals surface area contributed by atoms with Gasteiger partial charge in [0.05, 0.1) is 6.42 Å². The van der Waals surface area contributed by atoms with Crippen molar-refractivity contribution in [2.75, 3.05) is 12.0 Å². The maximum atomic E-state index is 12.7. The van der Waals surface area contributed by atoms with Gasteiger partial charge < -0.3 is 15.2 Å². The van der Waals surface area contributed by atoms with Gasteiger partial charge in [-0.15, -0.1) is 0 Å². The molecular weight excluding hydrogens is 478 g/mol. The average Bonchev–Trinajstić information content (AvgIpc) is 3.16. The number of carboxylic acid groups (broad SMARTS) is 1. The van der Waals surface area contributed by atoms with Crippen LogP contribution in [0, 0.1) is 28.6 Å². The minimum absolute atomic E-state index is 0.0374. The second-order valence-electron chi connectivity index (χ2n) is 11.8. The average molecular weight is 520 g/mol. The first-order valence-electron chi connectivity index (χ1n) is 13.5. The lowest BCUT2D eigenvalue weighted by atomic mass is 9.47. The molecule has 4 rings (SSSR count). The van der Waals surface area contributed by atoms with Crippen molar-refractivity contribution < 1.29 is 29.0 Å². The van der Waals surface area contributed by atoms with Crippen LogP contribution >= 0.6 is 11.8 Å². The highest BCUT2D eigenvalue weighted by molar-refractivity contribution is 7.98. The van der Waals surface area contributed by atoms with E-state index in [9.17, 15) is 24.3 Å². The molecule has 7 atom stereocenters. The van der Waals surface area contributed by atoms with Crippen LogP contribution in [0.15, 0.2) is 11.6 Å². The number of rotatable bonds is 9. The second-order valence-corrected chi connectivity index (χ2v) is 12.8. The number of ether oxygens (including phenoxy) is 1. The number of thioether (sulfide) groups is 1. The summed E-state index contributed by atoms with van der Waals surface area (Å²) in [5.74, 6) is 0.765. The molecule has 4 aliphatic rings. The number of fused-ring (bicyclic) bond motifs is 5. The van der Waals surface area contributed by atoms with Crippen molar-refractivity contribution in [3.63, 3.8) is 0 Å². The number of nitrogens with one attached hydrogen (secondary N) is 1. The lowest BCUT2D eigenvalue weighted by molar-refractivity contribution is -0.160. The van der Waals surface area contributed by atoms with E-state index in [1.165, 1.54) is 17.3 Å². The molecule has 7 nitrogen and oxygen atoms in total. The summed E-state index contributed by atoms with van der Waals surface area (Å²) in [4.78, 5) is 48.4. The van der Waals surface area contributed by atoms with Gasteiger partial charge in [0.15, 0.2) is 5.78 Å². The Morgan fingerprint density at radius 1 is 1.11 bits per heavy atom. The van der Waals surface area contributed by atoms with Crippen LogP contribution in [-0.2, 0) is 23.9 Å². The van der Waals surface area contributed by atoms with Crippen LogP contribution in [0.3, 0.4) is 0 Å². The molecule has 0 radical (unpaired) electrons. The van der Waals surface area contributed by atoms with E-state index in [-0.39, 0.29) is 41.5 Å². The number of hydrogen-bond acceptors (Lipinski definition) is 6. The summed E-state index contributed by atoms with van der Waals surface area (Å²) in [5, 5.41) is 11.8. The summed E-state index contributed by atoms with van der Waals surface area (Å²) in [6.07, 6.45) is 11.7. The maximum Gasteiger partial charge on any atom is 0.326 e. The molecule has 0 aromatic carbocycles. The molecule has 8 heteroatoms. The molecule has 0 unspecified atom stereocenters. The Kier molecular flexibility index (Phi) is 8.22. The minimum Gasteiger partial charge on any atom is -0.480 e. The number of amides is 1. The predicted molar refractivity (Wildman–Crippen MR) is 138 cm³/mol. The molecule has 4 aliphatic carbocycles. The number of ketones is 1. The molecular formula is C28H41NO6S. The van der Waals surface area contributed by atoms with Gasteiger partial charge in [-0.3, -0.25) is 14.4 Å². The predicted octanol–water partition coefficient (Wildman–Crippen LogP) is 4.53. The number of allylic oxidation sites excluding steroid dienone is 1. The summed E-state index contributed by atoms with van der Waals surface area (Å²) < 4.78 is 5.98. The van der Waals surface area contributed by atoms with Crippen molar-refractivity contribution in [1.29, 1.82) is 0 Å². The zero-order chi connectivity index (χ0) is 26.1. The second kappa shape index (κ2) is 10.9. The van der Waals surface area contributed by atoms with E-state index in [1.807, 2.05) is 12.3 Å². The molecule has 0 saturated heterocycles. The smallest absolute Gasteiger partial charge is 0.326 e. The third-order valence-electron chi connectivity index (χ3n) is 9.95. The van der Waals surface area contributed by atoms with Crippen LogP contribution in [0.2, 0.25) is 0 Å². The van der Waals surface area contributed by atoms with E-state index < -0.39 is 17.9 Å². The van der Waals surface area contributed by atoms with Crippen LogP contribution < -0.4 is 5.32 Å². The molecule has 3 saturated carbocycles. The first-order valence-corrected chi connectivity index (χ1v) is 14.9. The molecule has 0 aromatic rings. The zero-order valence-electron chi connectivity index (χ0n) is 21.8. The van der Waals surface area contributed by atoms with Gasteiger partial charge in [0, 0.05) is 18.3 Å². The van der Waals surface area contributed by atoms with Gasteiger partial charge in [-0.2, -0.15) is 11.8 Å². The fourth-order valence-corrected chi connectivity index (χ4v) is 8.37. The number of carbonyl (C=O) groups is 4. The number of aliphatic carboxylic acids is 1. The monoisotopic (exact) mass is 519 g/mol. The Bertz CT molecular complexity index is 933. The first kappa shape index (κ1) is 27.2. The lowest BCUT2D eigenvalue weighted by Crippen LogP contribution is -2.51. The summed E-state index contributed by atoms with van der Waals surface area (Å²) in [7, 11) is 0. The number of hydrogen-bond donors (Lipinski definition) is 2. The normalized spacial score (nSPS) is 36.1. The quantitative estimate of drug-likeness (QED) is 0.431. The Morgan fingerprint density at radius 2 is 1.89 bits per heavy atom. The Hall–Kier alpha value is -1.83. The summed E-state index contributed by atoms with van der Waals surface area (Å²) >= 11 is 1.53. The third-order valence-corrected chi connectivity index (χ3v) is 10.6. The lowest BCUT2D eigenvalue weighted by Gasteiger charge is -2.57. The van der Waals surface area contributed by atoms with Crippen molar-refractivity contribution in [3.05, 3.63) is 11.6 Å². The van der Waals surface area contributed by atoms with Crippen LogP contribution in [0.4, 0.5) is 0 Å². The van der Waals surface area contributed by atoms with Gasteiger partial charge in [-0.25, -0.2) is 4.79 Å². The van der Waals surface area contributed by atoms with Crippen LogP contribution in [0.1, 0.15) is 84.5 Å². The molecule has 0 spiro atoms. The molecule has 2 N–H and O–H groups in total. The Morgan fingerprint density at radius 3 is 2.61 bits per heavy atom. The van der Waals surface area contributed by atoms with Gasteiger partial charge in [0.25, 0.3) is 0 Å². The fourth-order valence-electron chi connectivity index (χ4n) is 7.90. The molecule has 0 bridgehead atoms. The van der Waals surface area contributed by atoms with Gasteiger partial charge in [0.2, 0.25) is 5.91 Å². The van der Waals surface area contributed by atoms with Crippen LogP contribution in [-0.4, -0.2) is 52.9 Å². The van der Waals surface area contributed by atoms with E-state index in [0.29, 0.717) is 36.3 Å². The van der Waals surface area contributed by atoms with Crippen molar-refractivity contribution in [2.45, 2.75) is 96.6 Å². The third kappa shape index (κ3) is 5.25. The SMILES string of the molecule is CSCC[C@H](NC(=O)CCC(=O)O[C@@H]1CC[C@H]2[C@@H]3CCC4=CC(=O)CC[C@]4(C)[C@H]3CC[C@]12C)C(=O)O. The first-order chi connectivity index (χ1) is 17.1. The highest BCUT2D eigenvalue weighted by atomic mass is 32.2. The number of carboxylic acids is 1. The van der Waals surface area contributed by atoms with Gasteiger partial charge in [-0.05, 0) is 92.6 Å². The molecule has 3 fully saturated rings. The van der Waals surface area contributed by atoms with Crippen LogP contribution in [0.25, 0.3) is 0 Å². The Labute approximate surface area is 218 Å². The summed E-state index contributed by atoms with van der Waals surface area (Å²) in [6, 6.07) is -0.930. The minimum atomic E-state index is -1.06. The standard InChI is InChI=1S/C28H41NO6S/c1-27-13-10-18(30)16-17(27)4-5-19-20-6-7-23(28(20,2)14-11-21(19)27)35-25(32)9-8-24(31)29-22(26(33)34)12-15-36-3/h16,19-23H,4-15H2,1-3H3,(H,29,31)(H,33,34)/t19-,20-,21-,22-,23+,27-,28-/m0/s1. The molecule has 36 heavy (non-hydrogen) atoms. The molecule has 1 amide bonds. The van der Waals surface area contributed by atoms with Crippen molar-refractivity contribution in [2.24, 2.45) is 28.6 Å². The van der Waals surface area contributed by atoms with Crippen LogP contribution in [0.5, 0.6) is 0 Å². The summed E-state index contributed by atoms with van der Waals surface area (Å²) in [5.41, 5.74) is 1.44. The van der Waals surface area contributed by atoms with Crippen molar-refractivity contribution >= 4 is 35.4 Å². The topological polar surface area (TPSA) is 110 Å². The van der Waals surface area contributed by atoms with Crippen molar-refractivity contribution in [3.8, 4) is 0 Å². The van der Waals surface area contributed by atoms with Gasteiger partial charge >= 0.3 is 11.9 Å². The fraction of sp³-hybridized carbons (Fsp3) is 0.786. The van der Waals surface area contributed by atoms with Gasteiger partial charge in [-0.1, -0.05) is 19.4 Å². The maximum absolute atomic E-state index is 12.7. The Balaban J connectivity index is 1.32. The highest BCUT2D eigenvalue weighted by Crippen LogP contribution is 2.65. The van der Waals surface area contributed by atoms with E-state index in [2.05, 4.69) is 19.2 Å². The van der Waals surface area contributed by atoms with E-state index in [1.54, 1.807) is 0 Å². The number of carbonyl (C=O) groups excluding carboxylic acids is 3. The molecule has 0 aliphatic heterocycles. The highest BCUT2D eigenvalue weighted by Gasteiger charge is 2.59. The number of esters is 1. The zero-order valence-corrected chi connectivity index (χ0v) is 22.7. The summed E-state index contributed by atoms with van der Waals surface area (Å²) in [6.45, 7) is 4.66. The largest absolute Gasteiger partial charge is 0.480 e. The van der Waals surface area contributed by atoms with Crippen molar-refractivity contribution in [1.82, 2.24) is 5.32 Å². The van der Waals surface area contributed by atoms with E-state index in [0.717, 1.165) is 44.9 Å². The van der Waals surface area contributed by atoms with E-state index in [4.69, 9.17) is 4.74 Å². The van der Waals surface area contributed by atoms with Gasteiger partial charge in [0.1, 0.15) is 12.1 Å². The molecule has 200 valence electrons. The molecule has 0 heterocycles. The molecule has 0 aromatic heterocycles.